The number of primary amides is 1. The summed E-state index contributed by atoms with van der Waals surface area (Å²) in [6.45, 7) is 9.83. The van der Waals surface area contributed by atoms with Gasteiger partial charge in [-0.1, -0.05) is 50.2 Å². The third kappa shape index (κ3) is 17.9. The molecule has 15 heteroatoms. The van der Waals surface area contributed by atoms with Crippen LogP contribution in [0.25, 0.3) is 0 Å². The molecule has 0 spiro atoms. The van der Waals surface area contributed by atoms with Gasteiger partial charge in [-0.15, -0.1) is 0 Å². The lowest BCUT2D eigenvalue weighted by molar-refractivity contribution is -0.154. The number of carbonyl (C=O) groups is 7. The molecule has 3 atom stereocenters. The van der Waals surface area contributed by atoms with Crippen LogP contribution in [0.3, 0.4) is 0 Å². The van der Waals surface area contributed by atoms with Crippen molar-refractivity contribution in [3.63, 3.8) is 0 Å². The Labute approximate surface area is 328 Å². The number of amides is 4. The number of methoxy groups -OCH3 is 1. The normalized spacial score (nSPS) is 12.8. The van der Waals surface area contributed by atoms with Crippen molar-refractivity contribution in [1.82, 2.24) is 16.0 Å². The number of aliphatic carboxylic acids is 1. The number of benzene rings is 2. The number of hydrogen-bond donors (Lipinski definition) is 5. The minimum atomic E-state index is -1.16. The molecule has 0 saturated carbocycles. The summed E-state index contributed by atoms with van der Waals surface area (Å²) in [5.74, 6) is -4.03. The van der Waals surface area contributed by atoms with Crippen molar-refractivity contribution in [1.29, 1.82) is 0 Å². The van der Waals surface area contributed by atoms with E-state index in [0.717, 1.165) is 5.56 Å². The van der Waals surface area contributed by atoms with Gasteiger partial charge in [0.05, 0.1) is 30.5 Å². The summed E-state index contributed by atoms with van der Waals surface area (Å²) >= 11 is 0. The van der Waals surface area contributed by atoms with Crippen molar-refractivity contribution in [3.05, 3.63) is 65.2 Å². The molecule has 0 bridgehead atoms. The second kappa shape index (κ2) is 23.6. The molecule has 15 nitrogen and oxygen atoms in total. The van der Waals surface area contributed by atoms with Crippen molar-refractivity contribution in [3.8, 4) is 5.75 Å². The van der Waals surface area contributed by atoms with Gasteiger partial charge in [-0.2, -0.15) is 0 Å². The van der Waals surface area contributed by atoms with Gasteiger partial charge in [0, 0.05) is 38.8 Å². The smallest absolute Gasteiger partial charge is 0.312 e. The van der Waals surface area contributed by atoms with Gasteiger partial charge >= 0.3 is 18.0 Å². The van der Waals surface area contributed by atoms with Gasteiger partial charge in [0.15, 0.2) is 11.6 Å². The molecule has 0 radical (unpaired) electrons. The first-order chi connectivity index (χ1) is 26.4. The number of Topliss-reactive ketones (excluding diaryl/α,β-unsaturated/α-hetero) is 2. The van der Waals surface area contributed by atoms with Gasteiger partial charge in [-0.3, -0.25) is 28.8 Å². The summed E-state index contributed by atoms with van der Waals surface area (Å²) in [5.41, 5.74) is 6.66. The van der Waals surface area contributed by atoms with Crippen LogP contribution in [0.2, 0.25) is 0 Å². The summed E-state index contributed by atoms with van der Waals surface area (Å²) in [6.07, 6.45) is -0.463. The van der Waals surface area contributed by atoms with Crippen molar-refractivity contribution >= 4 is 41.4 Å². The molecule has 0 fully saturated rings. The fraction of sp³-hybridized carbons (Fsp3) is 0.537. The lowest BCUT2D eigenvalue weighted by atomic mass is 9.86. The highest BCUT2D eigenvalue weighted by atomic mass is 16.5. The van der Waals surface area contributed by atoms with Crippen LogP contribution in [0, 0.1) is 17.3 Å². The molecule has 6 N–H and O–H groups in total. The van der Waals surface area contributed by atoms with E-state index in [9.17, 15) is 33.6 Å². The Morgan fingerprint density at radius 2 is 1.43 bits per heavy atom. The van der Waals surface area contributed by atoms with Crippen molar-refractivity contribution in [2.24, 2.45) is 23.0 Å². The summed E-state index contributed by atoms with van der Waals surface area (Å²) < 4.78 is 16.0. The predicted molar refractivity (Wildman–Crippen MR) is 207 cm³/mol. The Morgan fingerprint density at radius 3 is 2.00 bits per heavy atom. The van der Waals surface area contributed by atoms with Gasteiger partial charge in [0.2, 0.25) is 11.8 Å². The van der Waals surface area contributed by atoms with Crippen LogP contribution in [0.4, 0.5) is 4.79 Å². The number of carbonyl (C=O) groups excluding carboxylic acids is 6. The van der Waals surface area contributed by atoms with Crippen molar-refractivity contribution < 1.29 is 52.9 Å². The number of rotatable bonds is 25. The highest BCUT2D eigenvalue weighted by Gasteiger charge is 2.32. The first-order valence-electron chi connectivity index (χ1n) is 18.8. The number of urea groups is 1. The highest BCUT2D eigenvalue weighted by Crippen LogP contribution is 2.21. The van der Waals surface area contributed by atoms with Crippen molar-refractivity contribution in [2.45, 2.75) is 98.3 Å². The minimum Gasteiger partial charge on any atom is -0.491 e. The lowest BCUT2D eigenvalue weighted by Crippen LogP contribution is -2.48. The molecule has 0 aromatic heterocycles. The Balaban J connectivity index is 2.23. The number of carboxylic acids is 1. The van der Waals surface area contributed by atoms with Crippen LogP contribution in [-0.2, 0) is 57.7 Å². The van der Waals surface area contributed by atoms with Gasteiger partial charge in [0.25, 0.3) is 0 Å². The molecule has 0 aliphatic rings. The molecule has 0 unspecified atom stereocenters. The van der Waals surface area contributed by atoms with E-state index in [4.69, 9.17) is 25.1 Å². The lowest BCUT2D eigenvalue weighted by Gasteiger charge is -2.26. The molecule has 0 saturated heterocycles. The zero-order valence-corrected chi connectivity index (χ0v) is 33.3. The van der Waals surface area contributed by atoms with Crippen molar-refractivity contribution in [2.75, 3.05) is 26.9 Å². The predicted octanol–water partition coefficient (Wildman–Crippen LogP) is 3.67. The minimum absolute atomic E-state index is 0.0256. The van der Waals surface area contributed by atoms with E-state index in [1.54, 1.807) is 90.3 Å². The molecular formula is C41H58N4O11. The van der Waals surface area contributed by atoms with Crippen LogP contribution >= 0.6 is 0 Å². The monoisotopic (exact) mass is 782 g/mol. The average molecular weight is 783 g/mol. The molecule has 0 aliphatic heterocycles. The maximum Gasteiger partial charge on any atom is 0.312 e. The van der Waals surface area contributed by atoms with Crippen LogP contribution in [0.1, 0.15) is 83.4 Å². The zero-order chi connectivity index (χ0) is 41.8. The number of esters is 1. The fourth-order valence-electron chi connectivity index (χ4n) is 5.48. The van der Waals surface area contributed by atoms with Gasteiger partial charge in [-0.25, -0.2) is 4.79 Å². The number of nitrogens with two attached hydrogens (primary N) is 1. The molecule has 2 rings (SSSR count). The van der Waals surface area contributed by atoms with Gasteiger partial charge in [0.1, 0.15) is 19.0 Å². The molecular weight excluding hydrogens is 724 g/mol. The maximum atomic E-state index is 13.9. The summed E-state index contributed by atoms with van der Waals surface area (Å²) in [4.78, 5) is 88.7. The zero-order valence-electron chi connectivity index (χ0n) is 33.3. The van der Waals surface area contributed by atoms with Gasteiger partial charge < -0.3 is 41.0 Å². The van der Waals surface area contributed by atoms with Gasteiger partial charge in [-0.05, 0) is 74.8 Å². The van der Waals surface area contributed by atoms with E-state index >= 15 is 0 Å². The van der Waals surface area contributed by atoms with E-state index in [0.29, 0.717) is 36.5 Å². The maximum absolute atomic E-state index is 13.9. The molecule has 2 aromatic carbocycles. The molecule has 0 heterocycles. The molecule has 308 valence electrons. The van der Waals surface area contributed by atoms with Crippen LogP contribution < -0.4 is 26.4 Å². The largest absolute Gasteiger partial charge is 0.491 e. The van der Waals surface area contributed by atoms with E-state index in [1.165, 1.54) is 0 Å². The Bertz CT molecular complexity index is 1620. The topological polar surface area (TPSA) is 230 Å². The number of ketones is 2. The van der Waals surface area contributed by atoms with Crippen LogP contribution in [0.15, 0.2) is 48.5 Å². The van der Waals surface area contributed by atoms with E-state index in [2.05, 4.69) is 16.0 Å². The molecule has 56 heavy (non-hydrogen) atoms. The molecule has 4 amide bonds. The molecule has 0 aliphatic carbocycles. The highest BCUT2D eigenvalue weighted by molar-refractivity contribution is 5.95. The standard InChI is InChI=1S/C41H58N4O11/c1-26(2)31(24-35(47)33(44-36(48)17-18-37(49)50)22-27-13-15-30(16-14-27)55-21-20-54-6)38(51)45-32(8-7-19-43-40(42)53)34(46)23-28-9-11-29(12-10-28)25-56-39(52)41(3,4)5/h9-16,26,31-33H,7-8,17-25H2,1-6H3,(H,44,48)(H,45,51)(H,49,50)(H3,42,43,53)/t31-,32-,33-/m0/s1. The number of nitrogens with one attached hydrogen (secondary N) is 3. The molecule has 2 aromatic rings. The van der Waals surface area contributed by atoms with E-state index < -0.39 is 59.4 Å². The Kier molecular flexibility index (Phi) is 19.7. The first kappa shape index (κ1) is 46.8. The van der Waals surface area contributed by atoms with E-state index in [-0.39, 0.29) is 62.9 Å². The number of hydrogen-bond acceptors (Lipinski definition) is 10. The SMILES string of the molecule is COCCOc1ccc(C[C@H](NC(=O)CCC(=O)O)C(=O)C[C@H](C(=O)N[C@@H](CCCNC(N)=O)C(=O)Cc2ccc(COC(=O)C(C)(C)C)cc2)C(C)C)cc1. The fourth-order valence-corrected chi connectivity index (χ4v) is 5.48. The Morgan fingerprint density at radius 1 is 0.804 bits per heavy atom. The van der Waals surface area contributed by atoms with Crippen LogP contribution in [0.5, 0.6) is 5.75 Å². The summed E-state index contributed by atoms with van der Waals surface area (Å²) in [6, 6.07) is 11.2. The quantitative estimate of drug-likeness (QED) is 0.0721. The number of ether oxygens (including phenoxy) is 3. The average Bonchev–Trinajstić information content (AvgIpc) is 3.13. The second-order valence-electron chi connectivity index (χ2n) is 15.0. The summed E-state index contributed by atoms with van der Waals surface area (Å²) in [5, 5.41) is 17.0. The third-order valence-corrected chi connectivity index (χ3v) is 8.83. The second-order valence-corrected chi connectivity index (χ2v) is 15.0. The Hall–Kier alpha value is -5.31. The summed E-state index contributed by atoms with van der Waals surface area (Å²) in [7, 11) is 1.56. The van der Waals surface area contributed by atoms with E-state index in [1.807, 2.05) is 0 Å². The third-order valence-electron chi connectivity index (χ3n) is 8.83. The first-order valence-corrected chi connectivity index (χ1v) is 18.8. The van der Waals surface area contributed by atoms with Crippen LogP contribution in [-0.4, -0.2) is 85.4 Å². The number of carboxylic acid groups (broad SMARTS) is 1.